The second-order valence-electron chi connectivity index (χ2n) is 18.4. The summed E-state index contributed by atoms with van der Waals surface area (Å²) in [6.45, 7) is 4.66. The highest BCUT2D eigenvalue weighted by molar-refractivity contribution is 5.95. The van der Waals surface area contributed by atoms with Crippen LogP contribution in [0.3, 0.4) is 0 Å². The molecule has 0 spiro atoms. The number of aryl methyl sites for hydroxylation is 2. The fourth-order valence-corrected chi connectivity index (χ4v) is 11.8. The number of hydrogen-bond donors (Lipinski definition) is 0. The van der Waals surface area contributed by atoms with Crippen molar-refractivity contribution in [2.75, 3.05) is 9.80 Å². The second-order valence-corrected chi connectivity index (χ2v) is 18.4. The van der Waals surface area contributed by atoms with Crippen LogP contribution in [0.4, 0.5) is 22.7 Å². The van der Waals surface area contributed by atoms with Gasteiger partial charge in [0.2, 0.25) is 0 Å². The molecule has 0 saturated heterocycles. The highest BCUT2D eigenvalue weighted by atomic mass is 15.2. The summed E-state index contributed by atoms with van der Waals surface area (Å²) in [6, 6.07) is 76.7. The van der Waals surface area contributed by atoms with Gasteiger partial charge in [-0.05, 0) is 160 Å². The van der Waals surface area contributed by atoms with Gasteiger partial charge in [0, 0.05) is 34.9 Å². The second kappa shape index (κ2) is 16.4. The molecule has 1 heterocycles. The van der Waals surface area contributed by atoms with E-state index in [9.17, 15) is 0 Å². The number of fused-ring (bicyclic) bond motifs is 3. The van der Waals surface area contributed by atoms with Crippen molar-refractivity contribution in [2.45, 2.75) is 51.0 Å². The molecule has 3 aliphatic carbocycles. The van der Waals surface area contributed by atoms with Crippen molar-refractivity contribution in [1.29, 1.82) is 0 Å². The largest absolute Gasteiger partial charge is 0.338 e. The Morgan fingerprint density at radius 3 is 1.91 bits per heavy atom. The number of allylic oxidation sites excluding steroid dienone is 5. The van der Waals surface area contributed by atoms with Crippen LogP contribution in [0.1, 0.15) is 64.3 Å². The van der Waals surface area contributed by atoms with E-state index in [0.717, 1.165) is 25.7 Å². The van der Waals surface area contributed by atoms with Gasteiger partial charge in [-0.2, -0.15) is 0 Å². The summed E-state index contributed by atoms with van der Waals surface area (Å²) in [6.07, 6.45) is 11.2. The molecule has 4 aliphatic rings. The summed E-state index contributed by atoms with van der Waals surface area (Å²) >= 11 is 0. The SMILES string of the molecule is CC1=C(c2ccccc2C)C2=C(CC(N(C3=Cc4ccccc4CC3)c3ccc(-c4ccc5c(c4)Cc4ccccc4N5c4ccccc4)cc3)C=C2)C1(c1ccccc1)c1ccccc1. The molecule has 0 amide bonds. The molecule has 2 heteroatoms. The molecule has 318 valence electrons. The van der Waals surface area contributed by atoms with Crippen LogP contribution in [-0.2, 0) is 18.3 Å². The molecular weight excluding hydrogens is 797 g/mol. The Bertz CT molecular complexity index is 3220. The van der Waals surface area contributed by atoms with Crippen molar-refractivity contribution in [1.82, 2.24) is 0 Å². The monoisotopic (exact) mass is 848 g/mol. The van der Waals surface area contributed by atoms with Gasteiger partial charge in [-0.15, -0.1) is 0 Å². The molecule has 2 nitrogen and oxygen atoms in total. The van der Waals surface area contributed by atoms with Crippen molar-refractivity contribution >= 4 is 34.4 Å². The van der Waals surface area contributed by atoms with E-state index in [1.807, 2.05) is 0 Å². The van der Waals surface area contributed by atoms with E-state index in [1.54, 1.807) is 0 Å². The van der Waals surface area contributed by atoms with E-state index in [4.69, 9.17) is 0 Å². The van der Waals surface area contributed by atoms with E-state index in [0.29, 0.717) is 0 Å². The van der Waals surface area contributed by atoms with Gasteiger partial charge in [0.15, 0.2) is 0 Å². The predicted octanol–water partition coefficient (Wildman–Crippen LogP) is 15.9. The van der Waals surface area contributed by atoms with Crippen LogP contribution >= 0.6 is 0 Å². The Morgan fingerprint density at radius 2 is 1.17 bits per heavy atom. The van der Waals surface area contributed by atoms with Crippen molar-refractivity contribution in [3.8, 4) is 11.1 Å². The normalized spacial score (nSPS) is 16.8. The first-order valence-electron chi connectivity index (χ1n) is 23.6. The molecule has 0 radical (unpaired) electrons. The smallest absolute Gasteiger partial charge is 0.0637 e. The molecule has 0 saturated carbocycles. The number of rotatable bonds is 8. The van der Waals surface area contributed by atoms with Gasteiger partial charge in [-0.3, -0.25) is 0 Å². The van der Waals surface area contributed by atoms with Gasteiger partial charge in [0.25, 0.3) is 0 Å². The Hall–Kier alpha value is -7.68. The molecule has 0 N–H and O–H groups in total. The maximum Gasteiger partial charge on any atom is 0.0637 e. The third-order valence-corrected chi connectivity index (χ3v) is 14.8. The topological polar surface area (TPSA) is 6.48 Å². The fraction of sp³-hybridized carbons (Fsp3) is 0.125. The van der Waals surface area contributed by atoms with Crippen molar-refractivity contribution in [3.63, 3.8) is 0 Å². The lowest BCUT2D eigenvalue weighted by molar-refractivity contribution is 0.621. The van der Waals surface area contributed by atoms with Crippen LogP contribution in [0.25, 0.3) is 22.8 Å². The Kier molecular flexibility index (Phi) is 9.90. The molecule has 8 aromatic rings. The fourth-order valence-electron chi connectivity index (χ4n) is 11.8. The van der Waals surface area contributed by atoms with E-state index in [2.05, 4.69) is 248 Å². The zero-order chi connectivity index (χ0) is 44.2. The first-order chi connectivity index (χ1) is 32.6. The Morgan fingerprint density at radius 1 is 0.545 bits per heavy atom. The first kappa shape index (κ1) is 39.9. The zero-order valence-electron chi connectivity index (χ0n) is 37.7. The van der Waals surface area contributed by atoms with Gasteiger partial charge in [0.1, 0.15) is 0 Å². The lowest BCUT2D eigenvalue weighted by Crippen LogP contribution is -2.39. The molecule has 0 fully saturated rings. The summed E-state index contributed by atoms with van der Waals surface area (Å²) in [4.78, 5) is 5.09. The highest BCUT2D eigenvalue weighted by Crippen LogP contribution is 2.59. The highest BCUT2D eigenvalue weighted by Gasteiger charge is 2.49. The molecule has 1 unspecified atom stereocenters. The third kappa shape index (κ3) is 6.54. The molecular formula is C64H52N2. The molecule has 0 aromatic heterocycles. The standard InChI is InChI=1S/C64H52N2/c1-44-18-12-16-28-58(44)63-45(2)64(52-22-6-3-7-23-52,53-24-8-4-9-25-53)60-43-57(37-38-59(60)63)65(56-36-32-46-19-13-14-20-48(46)42-56)55-34-30-47(31-35-55)49-33-39-62-51(40-49)41-50-21-15-17-29-61(50)66(62)54-26-10-5-11-27-54/h3-31,33-35,37-40,42,57H,32,36,41,43H2,1-2H3. The van der Waals surface area contributed by atoms with E-state index in [-0.39, 0.29) is 6.04 Å². The molecule has 66 heavy (non-hydrogen) atoms. The van der Waals surface area contributed by atoms with Crippen LogP contribution in [0.15, 0.2) is 241 Å². The van der Waals surface area contributed by atoms with Gasteiger partial charge in [0.05, 0.1) is 11.5 Å². The number of para-hydroxylation sites is 2. The third-order valence-electron chi connectivity index (χ3n) is 14.8. The van der Waals surface area contributed by atoms with Crippen molar-refractivity contribution < 1.29 is 0 Å². The minimum absolute atomic E-state index is 0.0923. The van der Waals surface area contributed by atoms with Gasteiger partial charge < -0.3 is 9.80 Å². The lowest BCUT2D eigenvalue weighted by Gasteiger charge is -2.42. The Balaban J connectivity index is 0.966. The minimum Gasteiger partial charge on any atom is -0.338 e. The van der Waals surface area contributed by atoms with E-state index in [1.165, 1.54) is 106 Å². The van der Waals surface area contributed by atoms with Crippen LogP contribution < -0.4 is 9.80 Å². The summed E-state index contributed by atoms with van der Waals surface area (Å²) < 4.78 is 0. The zero-order valence-corrected chi connectivity index (χ0v) is 37.7. The summed E-state index contributed by atoms with van der Waals surface area (Å²) in [5, 5.41) is 0. The van der Waals surface area contributed by atoms with Crippen LogP contribution in [0, 0.1) is 6.92 Å². The van der Waals surface area contributed by atoms with E-state index >= 15 is 0 Å². The molecule has 1 atom stereocenters. The van der Waals surface area contributed by atoms with Crippen LogP contribution in [0.5, 0.6) is 0 Å². The average molecular weight is 849 g/mol. The Labute approximate surface area is 389 Å². The van der Waals surface area contributed by atoms with Gasteiger partial charge in [-0.1, -0.05) is 176 Å². The summed E-state index contributed by atoms with van der Waals surface area (Å²) in [5.74, 6) is 0. The quantitative estimate of drug-likeness (QED) is 0.150. The number of benzene rings is 8. The van der Waals surface area contributed by atoms with Gasteiger partial charge in [-0.25, -0.2) is 0 Å². The van der Waals surface area contributed by atoms with Crippen molar-refractivity contribution in [3.05, 3.63) is 285 Å². The first-order valence-corrected chi connectivity index (χ1v) is 23.6. The van der Waals surface area contributed by atoms with Gasteiger partial charge >= 0.3 is 0 Å². The molecule has 12 rings (SSSR count). The maximum absolute atomic E-state index is 2.67. The number of anilines is 4. The molecule has 1 aliphatic heterocycles. The average Bonchev–Trinajstić information content (AvgIpc) is 3.64. The summed E-state index contributed by atoms with van der Waals surface area (Å²) in [7, 11) is 0. The van der Waals surface area contributed by atoms with Crippen molar-refractivity contribution in [2.24, 2.45) is 0 Å². The number of nitrogens with zero attached hydrogens (tertiary/aromatic N) is 2. The van der Waals surface area contributed by atoms with Crippen LogP contribution in [0.2, 0.25) is 0 Å². The van der Waals surface area contributed by atoms with E-state index < -0.39 is 5.41 Å². The lowest BCUT2D eigenvalue weighted by atomic mass is 9.64. The van der Waals surface area contributed by atoms with Crippen LogP contribution in [-0.4, -0.2) is 6.04 Å². The predicted molar refractivity (Wildman–Crippen MR) is 277 cm³/mol. The molecule has 8 aromatic carbocycles. The minimum atomic E-state index is -0.426. The maximum atomic E-state index is 2.67. The molecule has 0 bridgehead atoms. The summed E-state index contributed by atoms with van der Waals surface area (Å²) in [5.41, 5.74) is 24.6. The number of hydrogen-bond acceptors (Lipinski definition) is 2.